The highest BCUT2D eigenvalue weighted by Crippen LogP contribution is 2.45. The van der Waals surface area contributed by atoms with Crippen LogP contribution in [-0.4, -0.2) is 20.7 Å². The van der Waals surface area contributed by atoms with Crippen LogP contribution >= 0.6 is 0 Å². The molecule has 0 aliphatic heterocycles. The molecule has 3 rings (SSSR count). The number of benzene rings is 1. The lowest BCUT2D eigenvalue weighted by Gasteiger charge is -2.16. The Morgan fingerprint density at radius 1 is 1.14 bits per heavy atom. The fourth-order valence-corrected chi connectivity index (χ4v) is 4.53. The SMILES string of the molecule is CS(=O)(=O)c1cccc(C2=C(C3CCCC3)CCC2N=O)c1. The average molecular weight is 319 g/mol. The average Bonchev–Trinajstić information content (AvgIpc) is 3.15. The third-order valence-electron chi connectivity index (χ3n) is 4.91. The minimum Gasteiger partial charge on any atom is -0.224 e. The fourth-order valence-electron chi connectivity index (χ4n) is 3.86. The lowest BCUT2D eigenvalue weighted by Crippen LogP contribution is -2.05. The Labute approximate surface area is 131 Å². The van der Waals surface area contributed by atoms with E-state index in [4.69, 9.17) is 0 Å². The van der Waals surface area contributed by atoms with Gasteiger partial charge in [0.1, 0.15) is 6.04 Å². The Hall–Kier alpha value is -1.49. The van der Waals surface area contributed by atoms with Gasteiger partial charge in [-0.05, 0) is 54.9 Å². The summed E-state index contributed by atoms with van der Waals surface area (Å²) in [5, 5.41) is 3.30. The van der Waals surface area contributed by atoms with Crippen LogP contribution in [0.1, 0.15) is 44.1 Å². The third-order valence-corrected chi connectivity index (χ3v) is 6.02. The maximum absolute atomic E-state index is 11.8. The van der Waals surface area contributed by atoms with Crippen LogP contribution in [0.3, 0.4) is 0 Å². The molecule has 0 radical (unpaired) electrons. The molecule has 1 aromatic rings. The molecule has 5 heteroatoms. The summed E-state index contributed by atoms with van der Waals surface area (Å²) in [7, 11) is -3.25. The standard InChI is InChI=1S/C17H21NO3S/c1-22(20,21)14-8-4-7-13(11-14)17-15(9-10-16(17)18-19)12-5-2-3-6-12/h4,7-8,11-12,16H,2-3,5-6,9-10H2,1H3. The number of rotatable bonds is 4. The number of sulfone groups is 1. The number of allylic oxidation sites excluding steroid dienone is 1. The van der Waals surface area contributed by atoms with Gasteiger partial charge in [-0.25, -0.2) is 8.42 Å². The first kappa shape index (κ1) is 15.4. The van der Waals surface area contributed by atoms with Gasteiger partial charge in [0.05, 0.1) is 4.90 Å². The molecule has 4 nitrogen and oxygen atoms in total. The smallest absolute Gasteiger partial charge is 0.175 e. The van der Waals surface area contributed by atoms with Gasteiger partial charge in [-0.1, -0.05) is 35.7 Å². The van der Waals surface area contributed by atoms with Crippen LogP contribution in [0, 0.1) is 10.8 Å². The molecule has 0 N–H and O–H groups in total. The highest BCUT2D eigenvalue weighted by molar-refractivity contribution is 7.90. The highest BCUT2D eigenvalue weighted by atomic mass is 32.2. The van der Waals surface area contributed by atoms with Crippen LogP contribution in [0.15, 0.2) is 39.9 Å². The van der Waals surface area contributed by atoms with Crippen molar-refractivity contribution in [3.63, 3.8) is 0 Å². The lowest BCUT2D eigenvalue weighted by atomic mass is 9.90. The lowest BCUT2D eigenvalue weighted by molar-refractivity contribution is 0.602. The van der Waals surface area contributed by atoms with Gasteiger partial charge in [0, 0.05) is 6.26 Å². The van der Waals surface area contributed by atoms with Crippen molar-refractivity contribution in [1.29, 1.82) is 0 Å². The molecule has 1 aromatic carbocycles. The first-order valence-corrected chi connectivity index (χ1v) is 9.75. The third kappa shape index (κ3) is 2.86. The predicted octanol–water partition coefficient (Wildman–Crippen LogP) is 3.96. The van der Waals surface area contributed by atoms with Crippen molar-refractivity contribution in [3.8, 4) is 0 Å². The summed E-state index contributed by atoms with van der Waals surface area (Å²) in [6.45, 7) is 0. The Bertz CT molecular complexity index is 715. The van der Waals surface area contributed by atoms with Crippen molar-refractivity contribution < 1.29 is 8.42 Å². The Balaban J connectivity index is 2.09. The molecular formula is C17H21NO3S. The van der Waals surface area contributed by atoms with Crippen molar-refractivity contribution in [1.82, 2.24) is 0 Å². The second-order valence-corrected chi connectivity index (χ2v) is 8.40. The van der Waals surface area contributed by atoms with Crippen molar-refractivity contribution >= 4 is 15.4 Å². The van der Waals surface area contributed by atoms with E-state index >= 15 is 0 Å². The van der Waals surface area contributed by atoms with Gasteiger partial charge in [-0.3, -0.25) is 0 Å². The van der Waals surface area contributed by atoms with Crippen molar-refractivity contribution in [2.45, 2.75) is 49.5 Å². The van der Waals surface area contributed by atoms with Crippen LogP contribution in [0.4, 0.5) is 0 Å². The molecule has 0 bridgehead atoms. The monoisotopic (exact) mass is 319 g/mol. The van der Waals surface area contributed by atoms with E-state index in [2.05, 4.69) is 5.18 Å². The first-order valence-electron chi connectivity index (χ1n) is 7.86. The van der Waals surface area contributed by atoms with E-state index in [1.807, 2.05) is 6.07 Å². The molecule has 1 fully saturated rings. The first-order chi connectivity index (χ1) is 10.5. The molecule has 2 aliphatic carbocycles. The Morgan fingerprint density at radius 3 is 2.50 bits per heavy atom. The summed E-state index contributed by atoms with van der Waals surface area (Å²) >= 11 is 0. The number of nitroso groups, excluding NO2 is 1. The molecule has 0 amide bonds. The molecule has 2 aliphatic rings. The summed E-state index contributed by atoms with van der Waals surface area (Å²) < 4.78 is 23.6. The summed E-state index contributed by atoms with van der Waals surface area (Å²) in [5.74, 6) is 0.545. The van der Waals surface area contributed by atoms with Crippen molar-refractivity contribution in [2.75, 3.05) is 6.26 Å². The summed E-state index contributed by atoms with van der Waals surface area (Å²) in [4.78, 5) is 11.5. The van der Waals surface area contributed by atoms with E-state index in [1.165, 1.54) is 37.5 Å². The Morgan fingerprint density at radius 2 is 1.86 bits per heavy atom. The Kier molecular flexibility index (Phi) is 4.17. The van der Waals surface area contributed by atoms with Crippen molar-refractivity contribution in [3.05, 3.63) is 40.3 Å². The number of nitrogens with zero attached hydrogens (tertiary/aromatic N) is 1. The van der Waals surface area contributed by atoms with E-state index in [0.29, 0.717) is 10.8 Å². The van der Waals surface area contributed by atoms with Crippen LogP contribution in [-0.2, 0) is 9.84 Å². The van der Waals surface area contributed by atoms with E-state index in [9.17, 15) is 13.3 Å². The molecule has 0 aromatic heterocycles. The maximum atomic E-state index is 11.8. The highest BCUT2D eigenvalue weighted by Gasteiger charge is 2.33. The zero-order valence-corrected chi connectivity index (χ0v) is 13.6. The minimum atomic E-state index is -3.25. The maximum Gasteiger partial charge on any atom is 0.175 e. The largest absolute Gasteiger partial charge is 0.224 e. The molecule has 1 atom stereocenters. The summed E-state index contributed by atoms with van der Waals surface area (Å²) in [6.07, 6.45) is 7.72. The number of hydrogen-bond donors (Lipinski definition) is 0. The minimum absolute atomic E-state index is 0.305. The predicted molar refractivity (Wildman–Crippen MR) is 87.2 cm³/mol. The molecule has 118 valence electrons. The van der Waals surface area contributed by atoms with Gasteiger partial charge in [-0.2, -0.15) is 4.91 Å². The van der Waals surface area contributed by atoms with Gasteiger partial charge in [0.25, 0.3) is 0 Å². The second-order valence-electron chi connectivity index (χ2n) is 6.38. The second kappa shape index (κ2) is 5.95. The summed E-state index contributed by atoms with van der Waals surface area (Å²) in [5.41, 5.74) is 3.19. The molecule has 0 saturated heterocycles. The topological polar surface area (TPSA) is 63.6 Å². The van der Waals surface area contributed by atoms with Crippen LogP contribution < -0.4 is 0 Å². The van der Waals surface area contributed by atoms with E-state index in [-0.39, 0.29) is 6.04 Å². The van der Waals surface area contributed by atoms with Gasteiger partial charge in [0.15, 0.2) is 9.84 Å². The molecule has 0 heterocycles. The van der Waals surface area contributed by atoms with Crippen molar-refractivity contribution in [2.24, 2.45) is 11.1 Å². The van der Waals surface area contributed by atoms with E-state index in [1.54, 1.807) is 18.2 Å². The zero-order valence-electron chi connectivity index (χ0n) is 12.8. The molecular weight excluding hydrogens is 298 g/mol. The van der Waals surface area contributed by atoms with E-state index < -0.39 is 9.84 Å². The zero-order chi connectivity index (χ0) is 15.7. The normalized spacial score (nSPS) is 23.2. The summed E-state index contributed by atoms with van der Waals surface area (Å²) in [6, 6.07) is 6.63. The molecule has 0 spiro atoms. The van der Waals surface area contributed by atoms with Gasteiger partial charge < -0.3 is 0 Å². The molecule has 1 saturated carbocycles. The van der Waals surface area contributed by atoms with Gasteiger partial charge in [0.2, 0.25) is 0 Å². The molecule has 1 unspecified atom stereocenters. The quantitative estimate of drug-likeness (QED) is 0.789. The van der Waals surface area contributed by atoms with Gasteiger partial charge in [-0.15, -0.1) is 0 Å². The molecule has 22 heavy (non-hydrogen) atoms. The fraction of sp³-hybridized carbons (Fsp3) is 0.529. The van der Waals surface area contributed by atoms with Gasteiger partial charge >= 0.3 is 0 Å². The van der Waals surface area contributed by atoms with E-state index in [0.717, 1.165) is 24.0 Å². The number of hydrogen-bond acceptors (Lipinski definition) is 4. The van der Waals surface area contributed by atoms with Crippen LogP contribution in [0.25, 0.3) is 5.57 Å². The van der Waals surface area contributed by atoms with Crippen LogP contribution in [0.2, 0.25) is 0 Å². The van der Waals surface area contributed by atoms with Crippen LogP contribution in [0.5, 0.6) is 0 Å².